The molecule has 1 aromatic heterocycles. The Labute approximate surface area is 110 Å². The molecule has 19 heavy (non-hydrogen) atoms. The average molecular weight is 252 g/mol. The van der Waals surface area contributed by atoms with Crippen LogP contribution in [0.2, 0.25) is 0 Å². The van der Waals surface area contributed by atoms with E-state index >= 15 is 0 Å². The number of nitrogen functional groups attached to an aromatic ring is 1. The first-order valence-corrected chi connectivity index (χ1v) is 5.86. The maximum atomic E-state index is 5.83. The van der Waals surface area contributed by atoms with Crippen LogP contribution in [0.25, 0.3) is 11.0 Å². The summed E-state index contributed by atoms with van der Waals surface area (Å²) >= 11 is 0. The zero-order valence-corrected chi connectivity index (χ0v) is 10.4. The van der Waals surface area contributed by atoms with Crippen LogP contribution in [0.15, 0.2) is 42.5 Å². The highest BCUT2D eigenvalue weighted by Gasteiger charge is 2.07. The van der Waals surface area contributed by atoms with E-state index in [1.807, 2.05) is 49.4 Å². The quantitative estimate of drug-likeness (QED) is 0.710. The SMILES string of the molecule is Cc1c(N)cccc1Oc1nnc2ccccc2n1. The van der Waals surface area contributed by atoms with Gasteiger partial charge in [0.15, 0.2) is 0 Å². The minimum absolute atomic E-state index is 0.215. The van der Waals surface area contributed by atoms with Gasteiger partial charge in [0.1, 0.15) is 11.3 Å². The number of nitrogens with two attached hydrogens (primary N) is 1. The number of anilines is 1. The van der Waals surface area contributed by atoms with E-state index in [2.05, 4.69) is 15.2 Å². The van der Waals surface area contributed by atoms with E-state index in [0.717, 1.165) is 16.6 Å². The standard InChI is InChI=1S/C14H12N4O/c1-9-10(15)5-4-8-13(9)19-14-16-11-6-2-3-7-12(11)17-18-14/h2-8H,15H2,1H3. The van der Waals surface area contributed by atoms with Crippen molar-refractivity contribution in [1.82, 2.24) is 15.2 Å². The Bertz CT molecular complexity index is 742. The summed E-state index contributed by atoms with van der Waals surface area (Å²) in [6, 6.07) is 13.2. The number of aromatic nitrogens is 3. The summed E-state index contributed by atoms with van der Waals surface area (Å²) in [6.45, 7) is 1.89. The van der Waals surface area contributed by atoms with Crippen molar-refractivity contribution in [3.8, 4) is 11.8 Å². The maximum Gasteiger partial charge on any atom is 0.341 e. The van der Waals surface area contributed by atoms with Gasteiger partial charge in [0.25, 0.3) is 0 Å². The minimum Gasteiger partial charge on any atom is -0.423 e. The number of nitrogens with zero attached hydrogens (tertiary/aromatic N) is 3. The number of rotatable bonds is 2. The van der Waals surface area contributed by atoms with Crippen LogP contribution in [0, 0.1) is 6.92 Å². The van der Waals surface area contributed by atoms with Gasteiger partial charge in [0.2, 0.25) is 0 Å². The summed E-state index contributed by atoms with van der Waals surface area (Å²) in [4.78, 5) is 4.30. The molecule has 94 valence electrons. The molecule has 0 saturated carbocycles. The summed E-state index contributed by atoms with van der Waals surface area (Å²) in [6.07, 6.45) is 0. The van der Waals surface area contributed by atoms with Crippen molar-refractivity contribution in [2.24, 2.45) is 0 Å². The molecule has 0 aliphatic carbocycles. The Hall–Kier alpha value is -2.69. The van der Waals surface area contributed by atoms with E-state index in [-0.39, 0.29) is 6.01 Å². The molecule has 0 fully saturated rings. The van der Waals surface area contributed by atoms with E-state index in [0.29, 0.717) is 11.4 Å². The van der Waals surface area contributed by atoms with Crippen molar-refractivity contribution in [2.75, 3.05) is 5.73 Å². The first kappa shape index (κ1) is 11.4. The van der Waals surface area contributed by atoms with Crippen LogP contribution in [0.3, 0.4) is 0 Å². The Balaban J connectivity index is 1.99. The number of hydrogen-bond donors (Lipinski definition) is 1. The topological polar surface area (TPSA) is 73.9 Å². The minimum atomic E-state index is 0.215. The predicted molar refractivity (Wildman–Crippen MR) is 73.0 cm³/mol. The van der Waals surface area contributed by atoms with Crippen LogP contribution in [0.1, 0.15) is 5.56 Å². The van der Waals surface area contributed by atoms with Gasteiger partial charge in [0.05, 0.1) is 5.52 Å². The normalized spacial score (nSPS) is 10.6. The third kappa shape index (κ3) is 2.18. The second-order valence-electron chi connectivity index (χ2n) is 4.16. The van der Waals surface area contributed by atoms with Crippen molar-refractivity contribution >= 4 is 16.7 Å². The molecule has 0 atom stereocenters. The van der Waals surface area contributed by atoms with Gasteiger partial charge < -0.3 is 10.5 Å². The Kier molecular flexibility index (Phi) is 2.72. The predicted octanol–water partition coefficient (Wildman–Crippen LogP) is 2.71. The lowest BCUT2D eigenvalue weighted by atomic mass is 10.2. The fraction of sp³-hybridized carbons (Fsp3) is 0.0714. The molecule has 3 rings (SSSR count). The lowest BCUT2D eigenvalue weighted by Crippen LogP contribution is -1.98. The van der Waals surface area contributed by atoms with Crippen LogP contribution in [-0.4, -0.2) is 15.2 Å². The Morgan fingerprint density at radius 3 is 2.58 bits per heavy atom. The smallest absolute Gasteiger partial charge is 0.341 e. The summed E-state index contributed by atoms with van der Waals surface area (Å²) in [5, 5.41) is 8.01. The van der Waals surface area contributed by atoms with Crippen molar-refractivity contribution in [3.63, 3.8) is 0 Å². The summed E-state index contributed by atoms with van der Waals surface area (Å²) in [7, 11) is 0. The van der Waals surface area contributed by atoms with Crippen molar-refractivity contribution in [3.05, 3.63) is 48.0 Å². The second kappa shape index (κ2) is 4.53. The van der Waals surface area contributed by atoms with Crippen molar-refractivity contribution in [1.29, 1.82) is 0 Å². The first-order chi connectivity index (χ1) is 9.24. The van der Waals surface area contributed by atoms with Gasteiger partial charge in [-0.25, -0.2) is 0 Å². The van der Waals surface area contributed by atoms with Gasteiger partial charge in [-0.3, -0.25) is 0 Å². The molecule has 2 aromatic carbocycles. The largest absolute Gasteiger partial charge is 0.423 e. The molecule has 5 nitrogen and oxygen atoms in total. The van der Waals surface area contributed by atoms with E-state index in [1.54, 1.807) is 0 Å². The third-order valence-corrected chi connectivity index (χ3v) is 2.87. The molecular formula is C14H12N4O. The van der Waals surface area contributed by atoms with Gasteiger partial charge in [0, 0.05) is 11.3 Å². The van der Waals surface area contributed by atoms with Gasteiger partial charge in [-0.1, -0.05) is 23.3 Å². The molecule has 3 aromatic rings. The van der Waals surface area contributed by atoms with E-state index in [4.69, 9.17) is 10.5 Å². The number of benzene rings is 2. The molecule has 0 aliphatic rings. The molecule has 2 N–H and O–H groups in total. The van der Waals surface area contributed by atoms with Crippen molar-refractivity contribution < 1.29 is 4.74 Å². The van der Waals surface area contributed by atoms with Gasteiger partial charge >= 0.3 is 6.01 Å². The van der Waals surface area contributed by atoms with Crippen LogP contribution < -0.4 is 10.5 Å². The Morgan fingerprint density at radius 1 is 0.947 bits per heavy atom. The second-order valence-corrected chi connectivity index (χ2v) is 4.16. The van der Waals surface area contributed by atoms with E-state index in [9.17, 15) is 0 Å². The fourth-order valence-electron chi connectivity index (χ4n) is 1.75. The van der Waals surface area contributed by atoms with Gasteiger partial charge in [-0.2, -0.15) is 4.98 Å². The number of fused-ring (bicyclic) bond motifs is 1. The van der Waals surface area contributed by atoms with Crippen molar-refractivity contribution in [2.45, 2.75) is 6.92 Å². The van der Waals surface area contributed by atoms with Crippen LogP contribution >= 0.6 is 0 Å². The molecule has 0 unspecified atom stereocenters. The summed E-state index contributed by atoms with van der Waals surface area (Å²) < 4.78 is 5.63. The zero-order chi connectivity index (χ0) is 13.2. The van der Waals surface area contributed by atoms with Crippen LogP contribution in [0.4, 0.5) is 5.69 Å². The molecule has 0 amide bonds. The van der Waals surface area contributed by atoms with Gasteiger partial charge in [-0.05, 0) is 31.2 Å². The first-order valence-electron chi connectivity index (χ1n) is 5.86. The maximum absolute atomic E-state index is 5.83. The molecule has 5 heteroatoms. The fourth-order valence-corrected chi connectivity index (χ4v) is 1.75. The molecule has 1 heterocycles. The monoisotopic (exact) mass is 252 g/mol. The summed E-state index contributed by atoms with van der Waals surface area (Å²) in [5.41, 5.74) is 8.84. The highest BCUT2D eigenvalue weighted by atomic mass is 16.5. The zero-order valence-electron chi connectivity index (χ0n) is 10.4. The van der Waals surface area contributed by atoms with E-state index < -0.39 is 0 Å². The van der Waals surface area contributed by atoms with Crippen LogP contribution in [-0.2, 0) is 0 Å². The highest BCUT2D eigenvalue weighted by Crippen LogP contribution is 2.26. The highest BCUT2D eigenvalue weighted by molar-refractivity contribution is 5.73. The van der Waals surface area contributed by atoms with Crippen LogP contribution in [0.5, 0.6) is 11.8 Å². The lowest BCUT2D eigenvalue weighted by molar-refractivity contribution is 0.434. The Morgan fingerprint density at radius 2 is 1.74 bits per heavy atom. The molecule has 0 bridgehead atoms. The lowest BCUT2D eigenvalue weighted by Gasteiger charge is -2.08. The van der Waals surface area contributed by atoms with E-state index in [1.165, 1.54) is 0 Å². The average Bonchev–Trinajstić information content (AvgIpc) is 2.44. The molecule has 0 radical (unpaired) electrons. The molecular weight excluding hydrogens is 240 g/mol. The number of para-hydroxylation sites is 1. The molecule has 0 aliphatic heterocycles. The number of hydrogen-bond acceptors (Lipinski definition) is 5. The molecule has 0 spiro atoms. The van der Waals surface area contributed by atoms with Gasteiger partial charge in [-0.15, -0.1) is 5.10 Å². The third-order valence-electron chi connectivity index (χ3n) is 2.87. The number of ether oxygens (including phenoxy) is 1. The summed E-state index contributed by atoms with van der Waals surface area (Å²) in [5.74, 6) is 0.636. The molecule has 0 saturated heterocycles.